The van der Waals surface area contributed by atoms with Gasteiger partial charge in [0.05, 0.1) is 0 Å². The number of carbonyl (C=O) groups is 1. The molecule has 0 saturated carbocycles. The van der Waals surface area contributed by atoms with Gasteiger partial charge >= 0.3 is 0 Å². The highest BCUT2D eigenvalue weighted by Crippen LogP contribution is 2.10. The van der Waals surface area contributed by atoms with Gasteiger partial charge in [0.2, 0.25) is 0 Å². The number of ketones is 1. The van der Waals surface area contributed by atoms with E-state index in [0.717, 1.165) is 12.8 Å². The molecular formula is C12H24O2. The van der Waals surface area contributed by atoms with E-state index in [-0.39, 0.29) is 11.9 Å². The third-order valence-corrected chi connectivity index (χ3v) is 2.56. The molecule has 0 bridgehead atoms. The van der Waals surface area contributed by atoms with Gasteiger partial charge in [-0.15, -0.1) is 0 Å². The number of Topliss-reactive ketones (excluding diaryl/α,β-unsaturated/α-hetero) is 1. The minimum Gasteiger partial charge on any atom is -0.374 e. The molecule has 0 aromatic carbocycles. The molecule has 2 heteroatoms. The number of hydrogen-bond acceptors (Lipinski definition) is 2. The van der Waals surface area contributed by atoms with Crippen LogP contribution >= 0.6 is 0 Å². The molecule has 0 aromatic rings. The topological polar surface area (TPSA) is 26.3 Å². The maximum Gasteiger partial charge on any atom is 0.161 e. The first-order valence-electron chi connectivity index (χ1n) is 5.81. The molecule has 0 spiro atoms. The molecule has 0 aliphatic carbocycles. The van der Waals surface area contributed by atoms with Crippen molar-refractivity contribution in [3.63, 3.8) is 0 Å². The van der Waals surface area contributed by atoms with Gasteiger partial charge in [-0.05, 0) is 6.42 Å². The van der Waals surface area contributed by atoms with Crippen molar-refractivity contribution in [2.24, 2.45) is 0 Å². The highest BCUT2D eigenvalue weighted by atomic mass is 16.5. The van der Waals surface area contributed by atoms with Crippen LogP contribution in [0.3, 0.4) is 0 Å². The summed E-state index contributed by atoms with van der Waals surface area (Å²) in [5.41, 5.74) is 0. The lowest BCUT2D eigenvalue weighted by Gasteiger charge is -2.12. The molecule has 0 aromatic heterocycles. The Hall–Kier alpha value is -0.370. The fraction of sp³-hybridized carbons (Fsp3) is 0.917. The second-order valence-corrected chi connectivity index (χ2v) is 3.75. The van der Waals surface area contributed by atoms with E-state index in [1.54, 1.807) is 7.11 Å². The van der Waals surface area contributed by atoms with Crippen molar-refractivity contribution in [2.75, 3.05) is 7.11 Å². The van der Waals surface area contributed by atoms with Crippen molar-refractivity contribution < 1.29 is 9.53 Å². The molecule has 84 valence electrons. The van der Waals surface area contributed by atoms with Crippen molar-refractivity contribution in [3.8, 4) is 0 Å². The molecule has 0 fully saturated rings. The molecule has 0 saturated heterocycles. The first-order valence-corrected chi connectivity index (χ1v) is 5.81. The van der Waals surface area contributed by atoms with Crippen molar-refractivity contribution in [1.82, 2.24) is 0 Å². The predicted molar refractivity (Wildman–Crippen MR) is 59.5 cm³/mol. The molecule has 1 atom stereocenters. The summed E-state index contributed by atoms with van der Waals surface area (Å²) in [6, 6.07) is 0. The van der Waals surface area contributed by atoms with Gasteiger partial charge in [0.1, 0.15) is 6.10 Å². The van der Waals surface area contributed by atoms with Crippen LogP contribution in [-0.2, 0) is 9.53 Å². The summed E-state index contributed by atoms with van der Waals surface area (Å²) in [6.07, 6.45) is 7.53. The summed E-state index contributed by atoms with van der Waals surface area (Å²) in [5, 5.41) is 0. The van der Waals surface area contributed by atoms with Gasteiger partial charge < -0.3 is 4.74 Å². The molecule has 14 heavy (non-hydrogen) atoms. The molecule has 0 aliphatic rings. The summed E-state index contributed by atoms with van der Waals surface area (Å²) in [5.74, 6) is 0.239. The largest absolute Gasteiger partial charge is 0.374 e. The van der Waals surface area contributed by atoms with Crippen LogP contribution in [0.25, 0.3) is 0 Å². The quantitative estimate of drug-likeness (QED) is 0.534. The Morgan fingerprint density at radius 2 is 1.79 bits per heavy atom. The zero-order chi connectivity index (χ0) is 10.8. The minimum atomic E-state index is -0.151. The Bertz CT molecular complexity index is 143. The Balaban J connectivity index is 3.48. The lowest BCUT2D eigenvalue weighted by Crippen LogP contribution is -2.21. The van der Waals surface area contributed by atoms with Crippen LogP contribution in [0.15, 0.2) is 0 Å². The highest BCUT2D eigenvalue weighted by Gasteiger charge is 2.14. The molecule has 0 N–H and O–H groups in total. The maximum absolute atomic E-state index is 11.3. The van der Waals surface area contributed by atoms with E-state index in [1.165, 1.54) is 25.7 Å². The number of unbranched alkanes of at least 4 members (excludes halogenated alkanes) is 4. The van der Waals surface area contributed by atoms with Crippen LogP contribution < -0.4 is 0 Å². The lowest BCUT2D eigenvalue weighted by atomic mass is 10.0. The number of hydrogen-bond donors (Lipinski definition) is 0. The van der Waals surface area contributed by atoms with Gasteiger partial charge in [0.15, 0.2) is 5.78 Å². The third-order valence-electron chi connectivity index (χ3n) is 2.56. The fourth-order valence-corrected chi connectivity index (χ4v) is 1.57. The van der Waals surface area contributed by atoms with E-state index in [4.69, 9.17) is 4.74 Å². The summed E-state index contributed by atoms with van der Waals surface area (Å²) in [7, 11) is 1.63. The third kappa shape index (κ3) is 6.14. The van der Waals surface area contributed by atoms with Crippen molar-refractivity contribution >= 4 is 5.78 Å². The molecule has 1 unspecified atom stereocenters. The van der Waals surface area contributed by atoms with Gasteiger partial charge in [0.25, 0.3) is 0 Å². The van der Waals surface area contributed by atoms with Crippen molar-refractivity contribution in [1.29, 1.82) is 0 Å². The van der Waals surface area contributed by atoms with Crippen LogP contribution in [0, 0.1) is 0 Å². The Morgan fingerprint density at radius 3 is 2.29 bits per heavy atom. The average molecular weight is 200 g/mol. The van der Waals surface area contributed by atoms with E-state index < -0.39 is 0 Å². The molecule has 0 radical (unpaired) electrons. The SMILES string of the molecule is CCCCCCCC(OC)C(=O)CC. The van der Waals surface area contributed by atoms with Crippen LogP contribution in [-0.4, -0.2) is 19.0 Å². The maximum atomic E-state index is 11.3. The average Bonchev–Trinajstić information content (AvgIpc) is 2.22. The Kier molecular flexibility index (Phi) is 8.95. The molecular weight excluding hydrogens is 176 g/mol. The standard InChI is InChI=1S/C12H24O2/c1-4-6-7-8-9-10-12(14-3)11(13)5-2/h12H,4-10H2,1-3H3. The van der Waals surface area contributed by atoms with Crippen LogP contribution in [0.4, 0.5) is 0 Å². The van der Waals surface area contributed by atoms with E-state index in [1.807, 2.05) is 6.92 Å². The van der Waals surface area contributed by atoms with Gasteiger partial charge in [-0.2, -0.15) is 0 Å². The van der Waals surface area contributed by atoms with Gasteiger partial charge in [-0.25, -0.2) is 0 Å². The zero-order valence-electron chi connectivity index (χ0n) is 9.84. The smallest absolute Gasteiger partial charge is 0.161 e. The Labute approximate surface area is 88.0 Å². The molecule has 0 amide bonds. The number of ether oxygens (including phenoxy) is 1. The summed E-state index contributed by atoms with van der Waals surface area (Å²) in [6.45, 7) is 4.10. The van der Waals surface area contributed by atoms with E-state index in [2.05, 4.69) is 6.92 Å². The number of methoxy groups -OCH3 is 1. The summed E-state index contributed by atoms with van der Waals surface area (Å²) in [4.78, 5) is 11.3. The van der Waals surface area contributed by atoms with Crippen LogP contribution in [0.1, 0.15) is 58.8 Å². The van der Waals surface area contributed by atoms with Crippen LogP contribution in [0.2, 0.25) is 0 Å². The zero-order valence-corrected chi connectivity index (χ0v) is 9.84. The number of rotatable bonds is 9. The van der Waals surface area contributed by atoms with Crippen molar-refractivity contribution in [2.45, 2.75) is 64.9 Å². The van der Waals surface area contributed by atoms with Gasteiger partial charge in [0, 0.05) is 13.5 Å². The highest BCUT2D eigenvalue weighted by molar-refractivity contribution is 5.82. The van der Waals surface area contributed by atoms with E-state index >= 15 is 0 Å². The monoisotopic (exact) mass is 200 g/mol. The minimum absolute atomic E-state index is 0.151. The first-order chi connectivity index (χ1) is 6.76. The summed E-state index contributed by atoms with van der Waals surface area (Å²) < 4.78 is 5.16. The lowest BCUT2D eigenvalue weighted by molar-refractivity contribution is -0.128. The Morgan fingerprint density at radius 1 is 1.14 bits per heavy atom. The second-order valence-electron chi connectivity index (χ2n) is 3.75. The predicted octanol–water partition coefficient (Wildman–Crippen LogP) is 3.34. The normalized spacial score (nSPS) is 12.8. The van der Waals surface area contributed by atoms with E-state index in [0.29, 0.717) is 6.42 Å². The fourth-order valence-electron chi connectivity index (χ4n) is 1.57. The number of carbonyl (C=O) groups excluding carboxylic acids is 1. The molecule has 0 heterocycles. The molecule has 0 rings (SSSR count). The van der Waals surface area contributed by atoms with Gasteiger partial charge in [-0.1, -0.05) is 46.0 Å². The molecule has 2 nitrogen and oxygen atoms in total. The molecule has 0 aliphatic heterocycles. The second kappa shape index (κ2) is 9.20. The summed E-state index contributed by atoms with van der Waals surface area (Å²) >= 11 is 0. The van der Waals surface area contributed by atoms with E-state index in [9.17, 15) is 4.79 Å². The van der Waals surface area contributed by atoms with Gasteiger partial charge in [-0.3, -0.25) is 4.79 Å². The van der Waals surface area contributed by atoms with Crippen LogP contribution in [0.5, 0.6) is 0 Å². The first kappa shape index (κ1) is 13.6. The van der Waals surface area contributed by atoms with Crippen molar-refractivity contribution in [3.05, 3.63) is 0 Å².